The molecule has 1 aliphatic heterocycles. The van der Waals surface area contributed by atoms with Crippen molar-refractivity contribution in [2.75, 3.05) is 6.54 Å². The molecule has 1 aromatic rings. The van der Waals surface area contributed by atoms with Crippen LogP contribution >= 0.6 is 11.3 Å². The van der Waals surface area contributed by atoms with Crippen molar-refractivity contribution in [1.82, 2.24) is 0 Å². The lowest BCUT2D eigenvalue weighted by Gasteiger charge is -2.23. The molecule has 1 aromatic heterocycles. The molecule has 1 unspecified atom stereocenters. The van der Waals surface area contributed by atoms with Gasteiger partial charge in [-0.05, 0) is 11.4 Å². The topological polar surface area (TPSA) is 95.4 Å². The van der Waals surface area contributed by atoms with Gasteiger partial charge in [-0.2, -0.15) is 0 Å². The molecule has 0 aliphatic carbocycles. The third-order valence-electron chi connectivity index (χ3n) is 2.27. The number of ether oxygens (including phenoxy) is 1. The first-order valence-corrected chi connectivity index (χ1v) is 6.39. The summed E-state index contributed by atoms with van der Waals surface area (Å²) in [5.74, 6) is 0. The van der Waals surface area contributed by atoms with Gasteiger partial charge in [-0.3, -0.25) is 0 Å². The highest BCUT2D eigenvalue weighted by atomic mass is 32.2. The largest absolute Gasteiger partial charge is 0.458 e. The summed E-state index contributed by atoms with van der Waals surface area (Å²) in [5, 5.41) is 7.54. The second-order valence-electron chi connectivity index (χ2n) is 3.17. The maximum absolute atomic E-state index is 11.3. The molecule has 0 aromatic carbocycles. The predicted molar refractivity (Wildman–Crippen MR) is 53.5 cm³/mol. The fraction of sp³-hybridized carbons (Fsp3) is 0.429. The van der Waals surface area contributed by atoms with E-state index < -0.39 is 15.0 Å². The predicted octanol–water partition coefficient (Wildman–Crippen LogP) is -0.373. The number of sulfonamides is 1. The molecule has 0 fully saturated rings. The van der Waals surface area contributed by atoms with Crippen LogP contribution in [0.1, 0.15) is 5.56 Å². The zero-order chi connectivity index (χ0) is 10.4. The van der Waals surface area contributed by atoms with Gasteiger partial charge in [-0.1, -0.05) is 0 Å². The van der Waals surface area contributed by atoms with E-state index in [1.54, 1.807) is 0 Å². The summed E-state index contributed by atoms with van der Waals surface area (Å²) in [5.41, 5.74) is 6.27. The van der Waals surface area contributed by atoms with Crippen molar-refractivity contribution in [2.24, 2.45) is 10.9 Å². The van der Waals surface area contributed by atoms with Crippen molar-refractivity contribution in [3.05, 3.63) is 17.0 Å². The summed E-state index contributed by atoms with van der Waals surface area (Å²) in [6, 6.07) is 1.82. The average Bonchev–Trinajstić information content (AvgIpc) is 2.57. The number of rotatable bonds is 2. The molecule has 5 nitrogen and oxygen atoms in total. The molecule has 78 valence electrons. The molecule has 1 aliphatic rings. The number of thiophene rings is 1. The molecular formula is C7H10N2O3S2. The van der Waals surface area contributed by atoms with E-state index in [2.05, 4.69) is 0 Å². The van der Waals surface area contributed by atoms with Crippen LogP contribution in [0.4, 0.5) is 0 Å². The summed E-state index contributed by atoms with van der Waals surface area (Å²) in [6.45, 7) is -0.132. The summed E-state index contributed by atoms with van der Waals surface area (Å²) < 4.78 is 28.0. The van der Waals surface area contributed by atoms with E-state index in [1.165, 1.54) is 11.3 Å². The van der Waals surface area contributed by atoms with Crippen molar-refractivity contribution in [1.29, 1.82) is 0 Å². The van der Waals surface area contributed by atoms with Crippen molar-refractivity contribution < 1.29 is 13.2 Å². The first-order valence-electron chi connectivity index (χ1n) is 3.96. The Morgan fingerprint density at radius 2 is 2.36 bits per heavy atom. The van der Waals surface area contributed by atoms with E-state index in [-0.39, 0.29) is 13.0 Å². The standard InChI is InChI=1S/C7H10N2O3S2/c8-4-7(14(9,10)11)3-5-1-2-13-6(5)12-7/h1-2H,3-4,8H2,(H2,9,10,11). The van der Waals surface area contributed by atoms with E-state index in [4.69, 9.17) is 15.6 Å². The zero-order valence-corrected chi connectivity index (χ0v) is 8.90. The molecular weight excluding hydrogens is 224 g/mol. The minimum Gasteiger partial charge on any atom is -0.458 e. The van der Waals surface area contributed by atoms with Crippen molar-refractivity contribution in [2.45, 2.75) is 11.4 Å². The second-order valence-corrected chi connectivity index (χ2v) is 5.88. The van der Waals surface area contributed by atoms with E-state index in [0.717, 1.165) is 5.56 Å². The highest BCUT2D eigenvalue weighted by Gasteiger charge is 2.48. The third kappa shape index (κ3) is 1.24. The molecule has 7 heteroatoms. The van der Waals surface area contributed by atoms with Crippen LogP contribution in [0, 0.1) is 0 Å². The summed E-state index contributed by atoms with van der Waals surface area (Å²) in [6.07, 6.45) is 0.237. The van der Waals surface area contributed by atoms with Gasteiger partial charge >= 0.3 is 0 Å². The SMILES string of the molecule is NCC1(S(N)(=O)=O)Cc2ccsc2O1. The smallest absolute Gasteiger partial charge is 0.251 e. The van der Waals surface area contributed by atoms with Crippen LogP contribution < -0.4 is 15.6 Å². The molecule has 2 heterocycles. The number of hydrogen-bond acceptors (Lipinski definition) is 5. The maximum atomic E-state index is 11.3. The molecule has 14 heavy (non-hydrogen) atoms. The lowest BCUT2D eigenvalue weighted by molar-refractivity contribution is 0.194. The van der Waals surface area contributed by atoms with Crippen molar-refractivity contribution in [3.8, 4) is 5.06 Å². The van der Waals surface area contributed by atoms with Crippen LogP contribution in [0.2, 0.25) is 0 Å². The second kappa shape index (κ2) is 2.93. The number of nitrogens with two attached hydrogens (primary N) is 2. The van der Waals surface area contributed by atoms with Crippen LogP contribution in [0.3, 0.4) is 0 Å². The quantitative estimate of drug-likeness (QED) is 0.729. The molecule has 0 spiro atoms. The number of fused-ring (bicyclic) bond motifs is 1. The van der Waals surface area contributed by atoms with Crippen molar-refractivity contribution in [3.63, 3.8) is 0 Å². The Bertz CT molecular complexity index is 431. The number of hydrogen-bond donors (Lipinski definition) is 2. The van der Waals surface area contributed by atoms with Gasteiger partial charge in [0, 0.05) is 18.5 Å². The van der Waals surface area contributed by atoms with Gasteiger partial charge in [0.2, 0.25) is 4.93 Å². The highest BCUT2D eigenvalue weighted by Crippen LogP contribution is 2.40. The van der Waals surface area contributed by atoms with Gasteiger partial charge in [0.25, 0.3) is 10.0 Å². The first kappa shape index (κ1) is 9.91. The fourth-order valence-electron chi connectivity index (χ4n) is 1.43. The van der Waals surface area contributed by atoms with E-state index in [0.29, 0.717) is 5.06 Å². The zero-order valence-electron chi connectivity index (χ0n) is 7.26. The van der Waals surface area contributed by atoms with E-state index >= 15 is 0 Å². The van der Waals surface area contributed by atoms with Crippen LogP contribution in [-0.2, 0) is 16.4 Å². The molecule has 0 saturated carbocycles. The third-order valence-corrected chi connectivity index (χ3v) is 4.54. The highest BCUT2D eigenvalue weighted by molar-refractivity contribution is 7.90. The average molecular weight is 234 g/mol. The summed E-state index contributed by atoms with van der Waals surface area (Å²) in [7, 11) is -3.79. The summed E-state index contributed by atoms with van der Waals surface area (Å²) >= 11 is 1.35. The maximum Gasteiger partial charge on any atom is 0.251 e. The van der Waals surface area contributed by atoms with Gasteiger partial charge in [0.05, 0.1) is 0 Å². The molecule has 4 N–H and O–H groups in total. The fourth-order valence-corrected chi connectivity index (χ4v) is 3.12. The minimum absolute atomic E-state index is 0.132. The van der Waals surface area contributed by atoms with Gasteiger partial charge in [-0.25, -0.2) is 13.6 Å². The Morgan fingerprint density at radius 1 is 1.64 bits per heavy atom. The van der Waals surface area contributed by atoms with Crippen molar-refractivity contribution >= 4 is 21.4 Å². The van der Waals surface area contributed by atoms with E-state index in [1.807, 2.05) is 11.4 Å². The van der Waals surface area contributed by atoms with Crippen LogP contribution in [0.15, 0.2) is 11.4 Å². The van der Waals surface area contributed by atoms with Gasteiger partial charge < -0.3 is 10.5 Å². The Hall–Kier alpha value is -0.630. The molecule has 0 saturated heterocycles. The Labute approximate surface area is 85.7 Å². The monoisotopic (exact) mass is 234 g/mol. The molecule has 1 atom stereocenters. The first-order chi connectivity index (χ1) is 6.48. The normalized spacial score (nSPS) is 25.9. The Kier molecular flexibility index (Phi) is 2.07. The molecule has 0 bridgehead atoms. The lowest BCUT2D eigenvalue weighted by atomic mass is 10.2. The molecule has 0 radical (unpaired) electrons. The van der Waals surface area contributed by atoms with Gasteiger partial charge in [-0.15, -0.1) is 11.3 Å². The Balaban J connectivity index is 2.43. The number of primary sulfonamides is 1. The summed E-state index contributed by atoms with van der Waals surface area (Å²) in [4.78, 5) is -1.45. The minimum atomic E-state index is -3.79. The molecule has 2 rings (SSSR count). The van der Waals surface area contributed by atoms with Gasteiger partial charge in [0.15, 0.2) is 5.06 Å². The molecule has 0 amide bonds. The Morgan fingerprint density at radius 3 is 2.86 bits per heavy atom. The van der Waals surface area contributed by atoms with Gasteiger partial charge in [0.1, 0.15) is 0 Å². The van der Waals surface area contributed by atoms with Crippen LogP contribution in [-0.4, -0.2) is 19.9 Å². The van der Waals surface area contributed by atoms with Crippen LogP contribution in [0.25, 0.3) is 0 Å². The van der Waals surface area contributed by atoms with Crippen LogP contribution in [0.5, 0.6) is 5.06 Å². The van der Waals surface area contributed by atoms with E-state index in [9.17, 15) is 8.42 Å². The lowest BCUT2D eigenvalue weighted by Crippen LogP contribution is -2.53.